The highest BCUT2D eigenvalue weighted by Crippen LogP contribution is 2.42. The molecule has 0 saturated carbocycles. The Hall–Kier alpha value is -3.02. The van der Waals surface area contributed by atoms with Crippen LogP contribution in [0, 0.1) is 12.3 Å². The van der Waals surface area contributed by atoms with Gasteiger partial charge in [-0.05, 0) is 42.0 Å². The second kappa shape index (κ2) is 6.25. The Morgan fingerprint density at radius 3 is 2.45 bits per heavy atom. The second-order valence-electron chi connectivity index (χ2n) is 9.23. The molecular weight excluding hydrogens is 401 g/mol. The number of hydrogen-bond donors (Lipinski definition) is 0. The number of benzene rings is 2. The van der Waals surface area contributed by atoms with E-state index in [0.717, 1.165) is 43.7 Å². The van der Waals surface area contributed by atoms with Gasteiger partial charge in [0.05, 0.1) is 22.4 Å². The van der Waals surface area contributed by atoms with Crippen LogP contribution in [0.15, 0.2) is 47.1 Å². The first-order valence-electron chi connectivity index (χ1n) is 10.3. The van der Waals surface area contributed by atoms with Crippen molar-refractivity contribution in [2.45, 2.75) is 33.4 Å². The number of halogens is 3. The van der Waals surface area contributed by atoms with Crippen LogP contribution >= 0.6 is 0 Å². The molecule has 0 N–H and O–H groups in total. The van der Waals surface area contributed by atoms with Crippen molar-refractivity contribution in [1.29, 1.82) is 0 Å². The number of pyridine rings is 1. The van der Waals surface area contributed by atoms with E-state index in [1.165, 1.54) is 13.8 Å². The first-order chi connectivity index (χ1) is 14.5. The lowest BCUT2D eigenvalue weighted by Crippen LogP contribution is -2.34. The van der Waals surface area contributed by atoms with Gasteiger partial charge in [0.1, 0.15) is 18.2 Å². The van der Waals surface area contributed by atoms with E-state index in [1.807, 2.05) is 49.3 Å². The van der Waals surface area contributed by atoms with Crippen molar-refractivity contribution < 1.29 is 22.2 Å². The predicted octanol–water partition coefficient (Wildman–Crippen LogP) is 6.49. The normalized spacial score (nSPS) is 13.3. The summed E-state index contributed by atoms with van der Waals surface area (Å²) < 4.78 is 51.0. The van der Waals surface area contributed by atoms with Crippen LogP contribution in [-0.2, 0) is 20.5 Å². The lowest BCUT2D eigenvalue weighted by Gasteiger charge is -2.28. The van der Waals surface area contributed by atoms with E-state index in [1.54, 1.807) is 6.07 Å². The van der Waals surface area contributed by atoms with Gasteiger partial charge in [-0.1, -0.05) is 19.9 Å². The maximum Gasteiger partial charge on any atom is 0.394 e. The quantitative estimate of drug-likeness (QED) is 0.180. The summed E-state index contributed by atoms with van der Waals surface area (Å²) in [7, 11) is 3.98. The zero-order valence-corrected chi connectivity index (χ0v) is 18.2. The van der Waals surface area contributed by atoms with E-state index in [4.69, 9.17) is 4.42 Å². The minimum absolute atomic E-state index is 0.109. The van der Waals surface area contributed by atoms with Gasteiger partial charge in [-0.2, -0.15) is 13.2 Å². The van der Waals surface area contributed by atoms with E-state index < -0.39 is 11.6 Å². The van der Waals surface area contributed by atoms with Crippen molar-refractivity contribution in [2.24, 2.45) is 19.5 Å². The molecule has 31 heavy (non-hydrogen) atoms. The highest BCUT2D eigenvalue weighted by atomic mass is 19.4. The third-order valence-electron chi connectivity index (χ3n) is 6.54. The van der Waals surface area contributed by atoms with Gasteiger partial charge in [-0.25, -0.2) is 4.57 Å². The Kier molecular flexibility index (Phi) is 4.01. The number of rotatable bonds is 2. The minimum atomic E-state index is -4.28. The Balaban J connectivity index is 1.88. The van der Waals surface area contributed by atoms with Crippen molar-refractivity contribution in [1.82, 2.24) is 4.57 Å². The number of alkyl halides is 3. The molecule has 0 aliphatic rings. The number of nitrogens with zero attached hydrogens (tertiary/aromatic N) is 2. The molecular formula is C25H24F3N2O+. The van der Waals surface area contributed by atoms with Crippen LogP contribution in [0.25, 0.3) is 43.7 Å². The fourth-order valence-electron chi connectivity index (χ4n) is 4.67. The fraction of sp³-hybridized carbons (Fsp3) is 0.320. The zero-order chi connectivity index (χ0) is 22.3. The highest BCUT2D eigenvalue weighted by molar-refractivity contribution is 6.19. The lowest BCUT2D eigenvalue weighted by atomic mass is 9.84. The molecule has 0 atom stereocenters. The minimum Gasteiger partial charge on any atom is -0.456 e. The molecule has 0 amide bonds. The summed E-state index contributed by atoms with van der Waals surface area (Å²) in [6.07, 6.45) is -0.407. The average Bonchev–Trinajstić information content (AvgIpc) is 3.03. The molecule has 0 bridgehead atoms. The maximum absolute atomic E-state index is 13.5. The molecule has 3 heterocycles. The van der Waals surface area contributed by atoms with E-state index in [0.29, 0.717) is 11.1 Å². The Morgan fingerprint density at radius 1 is 1.03 bits per heavy atom. The van der Waals surface area contributed by atoms with Gasteiger partial charge in [0.25, 0.3) is 0 Å². The Labute approximate surface area is 177 Å². The summed E-state index contributed by atoms with van der Waals surface area (Å²) in [4.78, 5) is 0. The molecule has 0 aliphatic carbocycles. The van der Waals surface area contributed by atoms with E-state index in [-0.39, 0.29) is 6.42 Å². The van der Waals surface area contributed by atoms with Gasteiger partial charge in [-0.15, -0.1) is 0 Å². The Morgan fingerprint density at radius 2 is 1.74 bits per heavy atom. The average molecular weight is 425 g/mol. The first kappa shape index (κ1) is 19.9. The summed E-state index contributed by atoms with van der Waals surface area (Å²) in [5.41, 5.74) is 3.34. The van der Waals surface area contributed by atoms with Crippen molar-refractivity contribution in [2.75, 3.05) is 0 Å². The summed E-state index contributed by atoms with van der Waals surface area (Å²) in [5.74, 6) is 0. The van der Waals surface area contributed by atoms with Crippen LogP contribution in [0.5, 0.6) is 0 Å². The van der Waals surface area contributed by atoms with Crippen molar-refractivity contribution in [3.63, 3.8) is 0 Å². The molecule has 3 nitrogen and oxygen atoms in total. The number of aryl methyl sites for hydroxylation is 3. The SMILES string of the molecule is Cc1c2cc[n+](C)c2cc2oc3cc(CC(C)(C)C(F)(F)F)cc4ccn(C)c(c12)c43. The molecule has 0 radical (unpaired) electrons. The third-order valence-corrected chi connectivity index (χ3v) is 6.54. The number of hydrogen-bond acceptors (Lipinski definition) is 1. The van der Waals surface area contributed by atoms with E-state index in [2.05, 4.69) is 17.6 Å². The van der Waals surface area contributed by atoms with Gasteiger partial charge in [0.2, 0.25) is 5.52 Å². The lowest BCUT2D eigenvalue weighted by molar-refractivity contribution is -0.642. The van der Waals surface area contributed by atoms with Crippen LogP contribution in [0.2, 0.25) is 0 Å². The molecule has 0 spiro atoms. The number of aromatic nitrogens is 2. The van der Waals surface area contributed by atoms with Crippen LogP contribution in [0.3, 0.4) is 0 Å². The monoisotopic (exact) mass is 425 g/mol. The molecule has 0 unspecified atom stereocenters. The predicted molar refractivity (Wildman–Crippen MR) is 117 cm³/mol. The molecule has 6 heteroatoms. The molecule has 0 fully saturated rings. The molecule has 0 aliphatic heterocycles. The highest BCUT2D eigenvalue weighted by Gasteiger charge is 2.47. The summed E-state index contributed by atoms with van der Waals surface area (Å²) in [6.45, 7) is 4.57. The largest absolute Gasteiger partial charge is 0.456 e. The van der Waals surface area contributed by atoms with Crippen LogP contribution < -0.4 is 4.57 Å². The van der Waals surface area contributed by atoms with Gasteiger partial charge < -0.3 is 8.98 Å². The second-order valence-corrected chi connectivity index (χ2v) is 9.23. The molecule has 160 valence electrons. The standard InChI is InChI=1S/C25H24F3N2O/c1-14-17-7-9-29(4)18(17)12-20-21(14)23-22-16(6-8-30(23)5)10-15(11-19(22)31-20)13-24(2,3)25(26,27)28/h6-12H,13H2,1-5H3/q+1. The summed E-state index contributed by atoms with van der Waals surface area (Å²) >= 11 is 0. The van der Waals surface area contributed by atoms with Crippen LogP contribution in [0.4, 0.5) is 13.2 Å². The molecule has 5 aromatic rings. The number of fused-ring (bicyclic) bond motifs is 3. The van der Waals surface area contributed by atoms with Gasteiger partial charge >= 0.3 is 6.18 Å². The van der Waals surface area contributed by atoms with Crippen molar-refractivity contribution >= 4 is 43.7 Å². The first-order valence-corrected chi connectivity index (χ1v) is 10.3. The zero-order valence-electron chi connectivity index (χ0n) is 18.2. The van der Waals surface area contributed by atoms with E-state index >= 15 is 0 Å². The summed E-state index contributed by atoms with van der Waals surface area (Å²) in [5, 5.41) is 4.01. The molecule has 3 aromatic heterocycles. The summed E-state index contributed by atoms with van der Waals surface area (Å²) in [6, 6.07) is 9.69. The molecule has 2 aromatic carbocycles. The van der Waals surface area contributed by atoms with Gasteiger partial charge in [0, 0.05) is 30.1 Å². The van der Waals surface area contributed by atoms with Crippen LogP contribution in [-0.4, -0.2) is 10.7 Å². The fourth-order valence-corrected chi connectivity index (χ4v) is 4.67. The Bertz CT molecular complexity index is 1500. The van der Waals surface area contributed by atoms with Crippen molar-refractivity contribution in [3.8, 4) is 0 Å². The van der Waals surface area contributed by atoms with Crippen molar-refractivity contribution in [3.05, 3.63) is 53.9 Å². The molecule has 0 saturated heterocycles. The molecule has 5 rings (SSSR count). The smallest absolute Gasteiger partial charge is 0.394 e. The van der Waals surface area contributed by atoms with E-state index in [9.17, 15) is 13.2 Å². The maximum atomic E-state index is 13.5. The third kappa shape index (κ3) is 2.84. The van der Waals surface area contributed by atoms with Gasteiger partial charge in [-0.3, -0.25) is 0 Å². The topological polar surface area (TPSA) is 21.9 Å². The van der Waals surface area contributed by atoms with Gasteiger partial charge in [0.15, 0.2) is 6.20 Å². The van der Waals surface area contributed by atoms with Crippen LogP contribution in [0.1, 0.15) is 25.0 Å².